The molecular weight excluding hydrogens is 370 g/mol. The van der Waals surface area contributed by atoms with Crippen LogP contribution < -0.4 is 9.64 Å². The molecule has 3 rings (SSSR count). The lowest BCUT2D eigenvalue weighted by Gasteiger charge is -2.26. The highest BCUT2D eigenvalue weighted by Crippen LogP contribution is 2.29. The number of anilines is 1. The van der Waals surface area contributed by atoms with Gasteiger partial charge in [-0.2, -0.15) is 0 Å². The van der Waals surface area contributed by atoms with Crippen molar-refractivity contribution in [3.05, 3.63) is 40.4 Å². The van der Waals surface area contributed by atoms with Crippen LogP contribution in [0, 0.1) is 13.8 Å². The van der Waals surface area contributed by atoms with Crippen molar-refractivity contribution in [2.24, 2.45) is 0 Å². The number of amides is 1. The number of nitrogens with zero attached hydrogens (tertiary/aromatic N) is 3. The van der Waals surface area contributed by atoms with Gasteiger partial charge < -0.3 is 14.5 Å². The van der Waals surface area contributed by atoms with Crippen molar-refractivity contribution in [1.29, 1.82) is 0 Å². The number of rotatable bonds is 5. The van der Waals surface area contributed by atoms with Crippen LogP contribution in [0.2, 0.25) is 0 Å². The summed E-state index contributed by atoms with van der Waals surface area (Å²) in [6, 6.07) is 6.23. The second-order valence-corrected chi connectivity index (χ2v) is 8.73. The fourth-order valence-corrected chi connectivity index (χ4v) is 4.39. The van der Waals surface area contributed by atoms with Gasteiger partial charge in [-0.25, -0.2) is 4.98 Å². The first kappa shape index (κ1) is 20.6. The van der Waals surface area contributed by atoms with Gasteiger partial charge in [0.25, 0.3) is 5.91 Å². The molecule has 1 fully saturated rings. The molecule has 6 heteroatoms. The van der Waals surface area contributed by atoms with Crippen molar-refractivity contribution in [1.82, 2.24) is 9.88 Å². The molecule has 0 saturated carbocycles. The molecule has 0 N–H and O–H groups in total. The zero-order chi connectivity index (χ0) is 20.3. The number of aryl methyl sites for hydroxylation is 2. The molecule has 1 aliphatic rings. The van der Waals surface area contributed by atoms with Gasteiger partial charge >= 0.3 is 0 Å². The highest BCUT2D eigenvalue weighted by Gasteiger charge is 2.26. The van der Waals surface area contributed by atoms with Crippen LogP contribution in [0.25, 0.3) is 0 Å². The monoisotopic (exact) mass is 401 g/mol. The third kappa shape index (κ3) is 4.85. The van der Waals surface area contributed by atoms with E-state index in [1.807, 2.05) is 31.7 Å². The van der Waals surface area contributed by atoms with E-state index >= 15 is 0 Å². The van der Waals surface area contributed by atoms with Crippen LogP contribution in [-0.4, -0.2) is 48.1 Å². The van der Waals surface area contributed by atoms with Crippen molar-refractivity contribution >= 4 is 22.4 Å². The largest absolute Gasteiger partial charge is 0.481 e. The molecule has 2 aromatic rings. The van der Waals surface area contributed by atoms with E-state index in [1.165, 1.54) is 0 Å². The quantitative estimate of drug-likeness (QED) is 0.745. The smallest absolute Gasteiger partial charge is 0.263 e. The molecule has 28 heavy (non-hydrogen) atoms. The molecule has 0 aliphatic carbocycles. The average Bonchev–Trinajstić information content (AvgIpc) is 2.93. The van der Waals surface area contributed by atoms with E-state index in [1.54, 1.807) is 11.3 Å². The van der Waals surface area contributed by atoms with Crippen molar-refractivity contribution < 1.29 is 9.53 Å². The minimum atomic E-state index is -0.493. The molecule has 0 bridgehead atoms. The van der Waals surface area contributed by atoms with Crippen molar-refractivity contribution in [2.45, 2.75) is 53.1 Å². The van der Waals surface area contributed by atoms with Gasteiger partial charge in [0.1, 0.15) is 5.75 Å². The number of benzene rings is 1. The second-order valence-electron chi connectivity index (χ2n) is 7.89. The maximum atomic E-state index is 13.0. The lowest BCUT2D eigenvalue weighted by atomic mass is 10.0. The number of hydrogen-bond donors (Lipinski definition) is 0. The summed E-state index contributed by atoms with van der Waals surface area (Å²) in [7, 11) is 0. The van der Waals surface area contributed by atoms with Gasteiger partial charge in [0.2, 0.25) is 0 Å². The number of carbonyl (C=O) groups excluding carboxylic acids is 1. The van der Waals surface area contributed by atoms with Gasteiger partial charge in [-0.1, -0.05) is 26.0 Å². The Bertz CT molecular complexity index is 818. The number of hydrogen-bond acceptors (Lipinski definition) is 5. The van der Waals surface area contributed by atoms with Gasteiger partial charge in [0.15, 0.2) is 11.2 Å². The van der Waals surface area contributed by atoms with Crippen LogP contribution in [0.5, 0.6) is 5.75 Å². The maximum Gasteiger partial charge on any atom is 0.263 e. The van der Waals surface area contributed by atoms with Crippen LogP contribution in [0.4, 0.5) is 5.13 Å². The Kier molecular flexibility index (Phi) is 6.60. The van der Waals surface area contributed by atoms with E-state index in [4.69, 9.17) is 4.74 Å². The Morgan fingerprint density at radius 1 is 1.14 bits per heavy atom. The molecule has 1 aromatic heterocycles. The Morgan fingerprint density at radius 3 is 2.61 bits per heavy atom. The highest BCUT2D eigenvalue weighted by atomic mass is 32.1. The Labute approximate surface area is 172 Å². The topological polar surface area (TPSA) is 45.7 Å². The van der Waals surface area contributed by atoms with Crippen LogP contribution in [0.3, 0.4) is 0 Å². The fraction of sp³-hybridized carbons (Fsp3) is 0.545. The zero-order valence-corrected chi connectivity index (χ0v) is 18.4. The van der Waals surface area contributed by atoms with E-state index in [0.29, 0.717) is 12.5 Å². The van der Waals surface area contributed by atoms with E-state index in [0.717, 1.165) is 53.8 Å². The normalized spacial score (nSPS) is 16.2. The number of thiazole rings is 1. The fourth-order valence-electron chi connectivity index (χ4n) is 3.53. The minimum Gasteiger partial charge on any atom is -0.481 e. The maximum absolute atomic E-state index is 13.0. The summed E-state index contributed by atoms with van der Waals surface area (Å²) < 4.78 is 6.14. The summed E-state index contributed by atoms with van der Waals surface area (Å²) in [6.07, 6.45) is 0.451. The van der Waals surface area contributed by atoms with Gasteiger partial charge in [0.05, 0.1) is 5.69 Å². The molecule has 1 atom stereocenters. The molecule has 1 amide bonds. The Balaban J connectivity index is 1.64. The van der Waals surface area contributed by atoms with E-state index in [-0.39, 0.29) is 5.91 Å². The second kappa shape index (κ2) is 8.95. The number of carbonyl (C=O) groups is 1. The molecule has 152 valence electrons. The molecular formula is C22H31N3O2S. The lowest BCUT2D eigenvalue weighted by Crippen LogP contribution is -2.42. The van der Waals surface area contributed by atoms with Gasteiger partial charge in [-0.15, -0.1) is 11.3 Å². The summed E-state index contributed by atoms with van der Waals surface area (Å²) in [5.41, 5.74) is 3.34. The predicted octanol–water partition coefficient (Wildman–Crippen LogP) is 4.39. The highest BCUT2D eigenvalue weighted by molar-refractivity contribution is 7.13. The van der Waals surface area contributed by atoms with E-state index < -0.39 is 6.10 Å². The molecule has 0 radical (unpaired) electrons. The van der Waals surface area contributed by atoms with Crippen molar-refractivity contribution in [3.63, 3.8) is 0 Å². The van der Waals surface area contributed by atoms with Crippen LogP contribution >= 0.6 is 11.3 Å². The summed E-state index contributed by atoms with van der Waals surface area (Å²) in [5.74, 6) is 1.24. The molecule has 5 nitrogen and oxygen atoms in total. The molecule has 0 spiro atoms. The summed E-state index contributed by atoms with van der Waals surface area (Å²) >= 11 is 1.68. The van der Waals surface area contributed by atoms with E-state index in [9.17, 15) is 4.79 Å². The molecule has 2 heterocycles. The van der Waals surface area contributed by atoms with Gasteiger partial charge in [0, 0.05) is 31.6 Å². The van der Waals surface area contributed by atoms with Crippen LogP contribution in [0.1, 0.15) is 49.9 Å². The Hall–Kier alpha value is -2.08. The third-order valence-electron chi connectivity index (χ3n) is 5.13. The van der Waals surface area contributed by atoms with Gasteiger partial charge in [-0.3, -0.25) is 4.79 Å². The SMILES string of the molecule is Cc1ccc(C(C)C)c(OC(C)C(=O)N2CCCN(c3nc(C)cs3)CC2)c1. The van der Waals surface area contributed by atoms with Crippen LogP contribution in [-0.2, 0) is 4.79 Å². The average molecular weight is 402 g/mol. The summed E-state index contributed by atoms with van der Waals surface area (Å²) in [4.78, 5) is 21.9. The first-order valence-corrected chi connectivity index (χ1v) is 11.0. The van der Waals surface area contributed by atoms with Crippen molar-refractivity contribution in [2.75, 3.05) is 31.1 Å². The summed E-state index contributed by atoms with van der Waals surface area (Å²) in [5, 5.41) is 3.13. The molecule has 1 unspecified atom stereocenters. The number of aromatic nitrogens is 1. The standard InChI is InChI=1S/C22H31N3O2S/c1-15(2)19-8-7-16(3)13-20(19)27-18(5)21(26)24-9-6-10-25(12-11-24)22-23-17(4)14-28-22/h7-8,13-15,18H,6,9-12H2,1-5H3. The Morgan fingerprint density at radius 2 is 1.93 bits per heavy atom. The molecule has 1 aliphatic heterocycles. The van der Waals surface area contributed by atoms with Gasteiger partial charge in [-0.05, 0) is 50.3 Å². The molecule has 1 saturated heterocycles. The van der Waals surface area contributed by atoms with Crippen LogP contribution in [0.15, 0.2) is 23.6 Å². The molecule has 1 aromatic carbocycles. The third-order valence-corrected chi connectivity index (χ3v) is 6.15. The van der Waals surface area contributed by atoms with Crippen molar-refractivity contribution in [3.8, 4) is 5.75 Å². The summed E-state index contributed by atoms with van der Waals surface area (Å²) in [6.45, 7) is 13.4. The minimum absolute atomic E-state index is 0.0633. The van der Waals surface area contributed by atoms with E-state index in [2.05, 4.69) is 41.2 Å². The predicted molar refractivity (Wildman–Crippen MR) is 116 cm³/mol. The first-order chi connectivity index (χ1) is 13.3. The lowest BCUT2D eigenvalue weighted by molar-refractivity contribution is -0.137. The number of ether oxygens (including phenoxy) is 1. The first-order valence-electron chi connectivity index (χ1n) is 10.1. The zero-order valence-electron chi connectivity index (χ0n) is 17.6.